The van der Waals surface area contributed by atoms with Gasteiger partial charge in [0, 0.05) is 19.3 Å². The van der Waals surface area contributed by atoms with Crippen molar-refractivity contribution in [3.63, 3.8) is 0 Å². The first-order valence-electron chi connectivity index (χ1n) is 5.31. The van der Waals surface area contributed by atoms with Gasteiger partial charge >= 0.3 is 0 Å². The number of hydrogen-bond acceptors (Lipinski definition) is 3. The SMILES string of the molecule is CNC(C)(C)c1cncn1CCN(C)C. The second kappa shape index (κ2) is 4.77. The van der Waals surface area contributed by atoms with Crippen molar-refractivity contribution < 1.29 is 0 Å². The molecule has 4 nitrogen and oxygen atoms in total. The second-order valence-electron chi connectivity index (χ2n) is 4.65. The van der Waals surface area contributed by atoms with E-state index in [9.17, 15) is 0 Å². The molecule has 0 saturated carbocycles. The summed E-state index contributed by atoms with van der Waals surface area (Å²) >= 11 is 0. The molecule has 0 aliphatic carbocycles. The van der Waals surface area contributed by atoms with Crippen LogP contribution < -0.4 is 5.32 Å². The molecule has 1 heterocycles. The summed E-state index contributed by atoms with van der Waals surface area (Å²) in [6.07, 6.45) is 3.84. The summed E-state index contributed by atoms with van der Waals surface area (Å²) < 4.78 is 2.20. The fourth-order valence-corrected chi connectivity index (χ4v) is 1.46. The first-order chi connectivity index (χ1) is 6.97. The predicted molar refractivity (Wildman–Crippen MR) is 62.9 cm³/mol. The van der Waals surface area contributed by atoms with Gasteiger partial charge in [0.1, 0.15) is 0 Å². The van der Waals surface area contributed by atoms with Gasteiger partial charge in [0.2, 0.25) is 0 Å². The number of likely N-dealkylation sites (N-methyl/N-ethyl adjacent to an activating group) is 1. The molecule has 1 rings (SSSR count). The van der Waals surface area contributed by atoms with Crippen molar-refractivity contribution in [3.05, 3.63) is 18.2 Å². The highest BCUT2D eigenvalue weighted by Crippen LogP contribution is 2.18. The van der Waals surface area contributed by atoms with E-state index in [-0.39, 0.29) is 5.54 Å². The lowest BCUT2D eigenvalue weighted by molar-refractivity contribution is 0.359. The van der Waals surface area contributed by atoms with Crippen molar-refractivity contribution >= 4 is 0 Å². The van der Waals surface area contributed by atoms with Gasteiger partial charge in [0.05, 0.1) is 17.6 Å². The summed E-state index contributed by atoms with van der Waals surface area (Å²) in [4.78, 5) is 6.40. The largest absolute Gasteiger partial charge is 0.332 e. The zero-order valence-corrected chi connectivity index (χ0v) is 10.4. The molecule has 1 N–H and O–H groups in total. The van der Waals surface area contributed by atoms with Crippen LogP contribution in [0.1, 0.15) is 19.5 Å². The van der Waals surface area contributed by atoms with E-state index in [0.717, 1.165) is 13.1 Å². The highest BCUT2D eigenvalue weighted by atomic mass is 15.1. The Hall–Kier alpha value is -0.870. The zero-order chi connectivity index (χ0) is 11.5. The third-order valence-electron chi connectivity index (χ3n) is 2.77. The van der Waals surface area contributed by atoms with Crippen molar-refractivity contribution in [3.8, 4) is 0 Å². The summed E-state index contributed by atoms with van der Waals surface area (Å²) in [7, 11) is 6.14. The van der Waals surface area contributed by atoms with Crippen LogP contribution in [0.15, 0.2) is 12.5 Å². The molecule has 0 bridgehead atoms. The normalized spacial score (nSPS) is 12.4. The van der Waals surface area contributed by atoms with E-state index < -0.39 is 0 Å². The third kappa shape index (κ3) is 3.04. The molecule has 0 unspecified atom stereocenters. The van der Waals surface area contributed by atoms with Crippen LogP contribution in [0, 0.1) is 0 Å². The number of rotatable bonds is 5. The van der Waals surface area contributed by atoms with Gasteiger partial charge in [-0.25, -0.2) is 4.98 Å². The van der Waals surface area contributed by atoms with Gasteiger partial charge < -0.3 is 14.8 Å². The minimum atomic E-state index is -0.0250. The molecule has 0 fully saturated rings. The molecule has 1 aromatic heterocycles. The van der Waals surface area contributed by atoms with Crippen LogP contribution in [-0.4, -0.2) is 42.1 Å². The Morgan fingerprint density at radius 1 is 1.47 bits per heavy atom. The van der Waals surface area contributed by atoms with Crippen molar-refractivity contribution in [2.75, 3.05) is 27.7 Å². The number of aromatic nitrogens is 2. The molecule has 4 heteroatoms. The molecule has 0 radical (unpaired) electrons. The fourth-order valence-electron chi connectivity index (χ4n) is 1.46. The molecule has 0 atom stereocenters. The summed E-state index contributed by atoms with van der Waals surface area (Å²) in [5.41, 5.74) is 1.20. The lowest BCUT2D eigenvalue weighted by atomic mass is 10.0. The van der Waals surface area contributed by atoms with Crippen LogP contribution in [0.2, 0.25) is 0 Å². The number of nitrogens with zero attached hydrogens (tertiary/aromatic N) is 3. The Kier molecular flexibility index (Phi) is 3.88. The van der Waals surface area contributed by atoms with Gasteiger partial charge in [0.15, 0.2) is 0 Å². The monoisotopic (exact) mass is 210 g/mol. The molecule has 0 aliphatic heterocycles. The first-order valence-corrected chi connectivity index (χ1v) is 5.31. The maximum absolute atomic E-state index is 4.22. The summed E-state index contributed by atoms with van der Waals surface area (Å²) in [5.74, 6) is 0. The van der Waals surface area contributed by atoms with Crippen molar-refractivity contribution in [2.45, 2.75) is 25.9 Å². The maximum atomic E-state index is 4.22. The topological polar surface area (TPSA) is 33.1 Å². The molecule has 0 aliphatic rings. The minimum Gasteiger partial charge on any atom is -0.332 e. The Morgan fingerprint density at radius 2 is 2.13 bits per heavy atom. The smallest absolute Gasteiger partial charge is 0.0949 e. The van der Waals surface area contributed by atoms with Gasteiger partial charge in [-0.3, -0.25) is 0 Å². The van der Waals surface area contributed by atoms with Crippen LogP contribution in [0.5, 0.6) is 0 Å². The van der Waals surface area contributed by atoms with Gasteiger partial charge in [0.25, 0.3) is 0 Å². The number of nitrogens with one attached hydrogen (secondary N) is 1. The van der Waals surface area contributed by atoms with Gasteiger partial charge in [-0.15, -0.1) is 0 Å². The van der Waals surface area contributed by atoms with Crippen molar-refractivity contribution in [1.29, 1.82) is 0 Å². The van der Waals surface area contributed by atoms with E-state index in [1.165, 1.54) is 5.69 Å². The quantitative estimate of drug-likeness (QED) is 0.784. The molecular formula is C11H22N4. The fraction of sp³-hybridized carbons (Fsp3) is 0.727. The van der Waals surface area contributed by atoms with Crippen LogP contribution in [-0.2, 0) is 12.1 Å². The lowest BCUT2D eigenvalue weighted by Gasteiger charge is -2.25. The molecule has 0 amide bonds. The molecular weight excluding hydrogens is 188 g/mol. The van der Waals surface area contributed by atoms with Gasteiger partial charge in [-0.1, -0.05) is 0 Å². The van der Waals surface area contributed by atoms with E-state index in [0.29, 0.717) is 0 Å². The maximum Gasteiger partial charge on any atom is 0.0949 e. The molecule has 0 spiro atoms. The van der Waals surface area contributed by atoms with E-state index in [1.54, 1.807) is 0 Å². The molecule has 0 saturated heterocycles. The molecule has 0 aromatic carbocycles. The first kappa shape index (κ1) is 12.2. The van der Waals surface area contributed by atoms with Crippen molar-refractivity contribution in [1.82, 2.24) is 19.8 Å². The average molecular weight is 210 g/mol. The number of hydrogen-bond donors (Lipinski definition) is 1. The number of imidazole rings is 1. The molecule has 86 valence electrons. The van der Waals surface area contributed by atoms with E-state index in [4.69, 9.17) is 0 Å². The van der Waals surface area contributed by atoms with Crippen LogP contribution in [0.25, 0.3) is 0 Å². The minimum absolute atomic E-state index is 0.0250. The summed E-state index contributed by atoms with van der Waals surface area (Å²) in [6, 6.07) is 0. The highest BCUT2D eigenvalue weighted by Gasteiger charge is 2.21. The van der Waals surface area contributed by atoms with Crippen LogP contribution in [0.3, 0.4) is 0 Å². The summed E-state index contributed by atoms with van der Waals surface area (Å²) in [6.45, 7) is 6.34. The zero-order valence-electron chi connectivity index (χ0n) is 10.4. The van der Waals surface area contributed by atoms with E-state index >= 15 is 0 Å². The Morgan fingerprint density at radius 3 is 2.67 bits per heavy atom. The standard InChI is InChI=1S/C11H22N4/c1-11(2,12-3)10-8-13-9-15(10)7-6-14(4)5/h8-9,12H,6-7H2,1-5H3. The Labute approximate surface area is 92.3 Å². The second-order valence-corrected chi connectivity index (χ2v) is 4.65. The van der Waals surface area contributed by atoms with E-state index in [1.807, 2.05) is 19.6 Å². The molecule has 15 heavy (non-hydrogen) atoms. The van der Waals surface area contributed by atoms with Crippen LogP contribution in [0.4, 0.5) is 0 Å². The average Bonchev–Trinajstić information content (AvgIpc) is 2.63. The van der Waals surface area contributed by atoms with Gasteiger partial charge in [-0.2, -0.15) is 0 Å². The summed E-state index contributed by atoms with van der Waals surface area (Å²) in [5, 5.41) is 3.30. The molecule has 1 aromatic rings. The van der Waals surface area contributed by atoms with Crippen LogP contribution >= 0.6 is 0 Å². The lowest BCUT2D eigenvalue weighted by Crippen LogP contribution is -2.36. The van der Waals surface area contributed by atoms with Crippen molar-refractivity contribution in [2.24, 2.45) is 0 Å². The Balaban J connectivity index is 2.78. The Bertz CT molecular complexity index is 301. The van der Waals surface area contributed by atoms with Gasteiger partial charge in [-0.05, 0) is 35.0 Å². The third-order valence-corrected chi connectivity index (χ3v) is 2.77. The highest BCUT2D eigenvalue weighted by molar-refractivity contribution is 5.10. The van der Waals surface area contributed by atoms with E-state index in [2.05, 4.69) is 47.7 Å². The predicted octanol–water partition coefficient (Wildman–Crippen LogP) is 0.899.